The molecule has 21 heavy (non-hydrogen) atoms. The molecule has 0 aromatic rings. The van der Waals surface area contributed by atoms with Crippen molar-refractivity contribution < 1.29 is 0 Å². The van der Waals surface area contributed by atoms with Crippen LogP contribution in [0.2, 0.25) is 0 Å². The topological polar surface area (TPSA) is 15.3 Å². The zero-order valence-electron chi connectivity index (χ0n) is 15.2. The second-order valence-corrected chi connectivity index (χ2v) is 7.34. The lowest BCUT2D eigenvalue weighted by atomic mass is 10.0. The third-order valence-electron chi connectivity index (χ3n) is 5.06. The molecule has 1 saturated heterocycles. The molecule has 1 fully saturated rings. The quantitative estimate of drug-likeness (QED) is 0.519. The van der Waals surface area contributed by atoms with Crippen LogP contribution in [0.4, 0.5) is 0 Å². The van der Waals surface area contributed by atoms with Crippen LogP contribution in [0.1, 0.15) is 85.5 Å². The summed E-state index contributed by atoms with van der Waals surface area (Å²) >= 11 is 0. The predicted molar refractivity (Wildman–Crippen MR) is 94.9 cm³/mol. The van der Waals surface area contributed by atoms with Crippen molar-refractivity contribution in [3.05, 3.63) is 0 Å². The molecule has 0 aromatic heterocycles. The Bertz CT molecular complexity index is 230. The second kappa shape index (κ2) is 11.5. The van der Waals surface area contributed by atoms with E-state index in [2.05, 4.69) is 37.9 Å². The van der Waals surface area contributed by atoms with Gasteiger partial charge < -0.3 is 10.2 Å². The van der Waals surface area contributed by atoms with Gasteiger partial charge in [-0.25, -0.2) is 0 Å². The Morgan fingerprint density at radius 1 is 1.00 bits per heavy atom. The Hall–Kier alpha value is -0.0800. The summed E-state index contributed by atoms with van der Waals surface area (Å²) in [6.07, 6.45) is 12.5. The summed E-state index contributed by atoms with van der Waals surface area (Å²) in [7, 11) is 0. The molecule has 0 saturated carbocycles. The SMILES string of the molecule is CCCCCC(CCCCC)NCC1CCN(C(C)C)C1. The van der Waals surface area contributed by atoms with Crippen LogP contribution in [0, 0.1) is 5.92 Å². The normalized spacial score (nSPS) is 20.0. The van der Waals surface area contributed by atoms with Crippen molar-refractivity contribution in [1.29, 1.82) is 0 Å². The number of rotatable bonds is 12. The minimum atomic E-state index is 0.722. The van der Waals surface area contributed by atoms with E-state index in [1.807, 2.05) is 0 Å². The maximum atomic E-state index is 3.91. The minimum absolute atomic E-state index is 0.722. The van der Waals surface area contributed by atoms with E-state index < -0.39 is 0 Å². The molecule has 2 nitrogen and oxygen atoms in total. The highest BCUT2D eigenvalue weighted by Crippen LogP contribution is 2.19. The lowest BCUT2D eigenvalue weighted by Gasteiger charge is -2.23. The van der Waals surface area contributed by atoms with Crippen molar-refractivity contribution in [3.8, 4) is 0 Å². The van der Waals surface area contributed by atoms with Crippen molar-refractivity contribution >= 4 is 0 Å². The molecule has 1 N–H and O–H groups in total. The van der Waals surface area contributed by atoms with Gasteiger partial charge in [0.1, 0.15) is 0 Å². The molecular weight excluding hydrogens is 256 g/mol. The van der Waals surface area contributed by atoms with E-state index in [9.17, 15) is 0 Å². The van der Waals surface area contributed by atoms with E-state index in [0.29, 0.717) is 0 Å². The summed E-state index contributed by atoms with van der Waals surface area (Å²) in [6.45, 7) is 13.1. The van der Waals surface area contributed by atoms with Gasteiger partial charge in [-0.3, -0.25) is 0 Å². The van der Waals surface area contributed by atoms with Gasteiger partial charge in [0.15, 0.2) is 0 Å². The van der Waals surface area contributed by atoms with E-state index in [4.69, 9.17) is 0 Å². The van der Waals surface area contributed by atoms with E-state index >= 15 is 0 Å². The first-order chi connectivity index (χ1) is 10.2. The zero-order chi connectivity index (χ0) is 15.5. The summed E-state index contributed by atoms with van der Waals surface area (Å²) in [5.41, 5.74) is 0. The molecule has 1 atom stereocenters. The van der Waals surface area contributed by atoms with E-state index in [0.717, 1.165) is 18.0 Å². The van der Waals surface area contributed by atoms with Gasteiger partial charge in [-0.15, -0.1) is 0 Å². The van der Waals surface area contributed by atoms with Gasteiger partial charge in [-0.1, -0.05) is 52.4 Å². The summed E-state index contributed by atoms with van der Waals surface area (Å²) in [5, 5.41) is 3.91. The second-order valence-electron chi connectivity index (χ2n) is 7.34. The van der Waals surface area contributed by atoms with E-state index in [1.165, 1.54) is 77.4 Å². The number of hydrogen-bond donors (Lipinski definition) is 1. The van der Waals surface area contributed by atoms with Gasteiger partial charge in [0, 0.05) is 18.6 Å². The van der Waals surface area contributed by atoms with Gasteiger partial charge in [-0.05, 0) is 52.1 Å². The van der Waals surface area contributed by atoms with E-state index in [1.54, 1.807) is 0 Å². The Balaban J connectivity index is 2.24. The summed E-state index contributed by atoms with van der Waals surface area (Å²) in [6, 6.07) is 1.50. The number of unbranched alkanes of at least 4 members (excludes halogenated alkanes) is 4. The first-order valence-corrected chi connectivity index (χ1v) is 9.64. The number of nitrogens with zero attached hydrogens (tertiary/aromatic N) is 1. The van der Waals surface area contributed by atoms with Crippen LogP contribution in [0.25, 0.3) is 0 Å². The molecule has 0 bridgehead atoms. The van der Waals surface area contributed by atoms with Crippen molar-refractivity contribution in [2.45, 2.75) is 97.6 Å². The molecule has 1 heterocycles. The highest BCUT2D eigenvalue weighted by atomic mass is 15.2. The molecule has 0 amide bonds. The monoisotopic (exact) mass is 296 g/mol. The van der Waals surface area contributed by atoms with Gasteiger partial charge in [-0.2, -0.15) is 0 Å². The maximum absolute atomic E-state index is 3.91. The molecule has 1 rings (SSSR count). The Labute approximate surface area is 134 Å². The lowest BCUT2D eigenvalue weighted by molar-refractivity contribution is 0.261. The number of hydrogen-bond acceptors (Lipinski definition) is 2. The predicted octanol–water partition coefficient (Wildman–Crippen LogP) is 4.84. The Morgan fingerprint density at radius 3 is 2.10 bits per heavy atom. The van der Waals surface area contributed by atoms with Crippen molar-refractivity contribution in [1.82, 2.24) is 10.2 Å². The van der Waals surface area contributed by atoms with Crippen LogP contribution in [0.3, 0.4) is 0 Å². The third-order valence-corrected chi connectivity index (χ3v) is 5.06. The highest BCUT2D eigenvalue weighted by Gasteiger charge is 2.24. The smallest absolute Gasteiger partial charge is 0.00671 e. The molecule has 2 heteroatoms. The third kappa shape index (κ3) is 8.21. The maximum Gasteiger partial charge on any atom is 0.00671 e. The fraction of sp³-hybridized carbons (Fsp3) is 1.00. The first kappa shape index (κ1) is 19.0. The zero-order valence-corrected chi connectivity index (χ0v) is 15.2. The van der Waals surface area contributed by atoms with Crippen LogP contribution >= 0.6 is 0 Å². The van der Waals surface area contributed by atoms with Crippen LogP contribution in [-0.2, 0) is 0 Å². The molecule has 0 aliphatic carbocycles. The van der Waals surface area contributed by atoms with Crippen molar-refractivity contribution in [2.75, 3.05) is 19.6 Å². The van der Waals surface area contributed by atoms with Crippen LogP contribution in [-0.4, -0.2) is 36.6 Å². The highest BCUT2D eigenvalue weighted by molar-refractivity contribution is 4.80. The fourth-order valence-corrected chi connectivity index (χ4v) is 3.46. The average Bonchev–Trinajstić information content (AvgIpc) is 2.93. The van der Waals surface area contributed by atoms with Gasteiger partial charge in [0.05, 0.1) is 0 Å². The van der Waals surface area contributed by atoms with Crippen molar-refractivity contribution in [3.63, 3.8) is 0 Å². The lowest BCUT2D eigenvalue weighted by Crippen LogP contribution is -2.35. The molecule has 0 radical (unpaired) electrons. The number of likely N-dealkylation sites (tertiary alicyclic amines) is 1. The van der Waals surface area contributed by atoms with Crippen LogP contribution in [0.5, 0.6) is 0 Å². The Morgan fingerprint density at radius 2 is 1.62 bits per heavy atom. The molecule has 1 aliphatic heterocycles. The van der Waals surface area contributed by atoms with Gasteiger partial charge in [0.25, 0.3) is 0 Å². The molecular formula is C19H40N2. The minimum Gasteiger partial charge on any atom is -0.314 e. The number of nitrogens with one attached hydrogen (secondary N) is 1. The molecule has 0 aromatic carbocycles. The van der Waals surface area contributed by atoms with Crippen LogP contribution in [0.15, 0.2) is 0 Å². The molecule has 1 unspecified atom stereocenters. The average molecular weight is 297 g/mol. The first-order valence-electron chi connectivity index (χ1n) is 9.64. The van der Waals surface area contributed by atoms with Gasteiger partial charge in [0.2, 0.25) is 0 Å². The fourth-order valence-electron chi connectivity index (χ4n) is 3.46. The van der Waals surface area contributed by atoms with E-state index in [-0.39, 0.29) is 0 Å². The summed E-state index contributed by atoms with van der Waals surface area (Å²) in [4.78, 5) is 2.63. The molecule has 0 spiro atoms. The summed E-state index contributed by atoms with van der Waals surface area (Å²) < 4.78 is 0. The molecule has 1 aliphatic rings. The van der Waals surface area contributed by atoms with Crippen molar-refractivity contribution in [2.24, 2.45) is 5.92 Å². The molecule has 126 valence electrons. The largest absolute Gasteiger partial charge is 0.314 e. The van der Waals surface area contributed by atoms with Crippen LogP contribution < -0.4 is 5.32 Å². The standard InChI is InChI=1S/C19H40N2/c1-5-7-9-11-19(12-10-8-6-2)20-15-18-13-14-21(16-18)17(3)4/h17-20H,5-16H2,1-4H3. The summed E-state index contributed by atoms with van der Waals surface area (Å²) in [5.74, 6) is 0.882. The Kier molecular flexibility index (Phi) is 10.4. The van der Waals surface area contributed by atoms with Gasteiger partial charge >= 0.3 is 0 Å².